The van der Waals surface area contributed by atoms with Gasteiger partial charge in [0.15, 0.2) is 0 Å². The van der Waals surface area contributed by atoms with Crippen molar-refractivity contribution in [1.29, 1.82) is 5.26 Å². The first-order valence-electron chi connectivity index (χ1n) is 4.93. The minimum atomic E-state index is -0.404. The van der Waals surface area contributed by atoms with Gasteiger partial charge < -0.3 is 4.90 Å². The number of hydrogen-bond acceptors (Lipinski definition) is 3. The Hall–Kier alpha value is -1.03. The van der Waals surface area contributed by atoms with E-state index in [9.17, 15) is 5.26 Å². The van der Waals surface area contributed by atoms with Crippen LogP contribution in [0.15, 0.2) is 0 Å². The molecule has 0 bridgehead atoms. The van der Waals surface area contributed by atoms with Crippen LogP contribution in [0.3, 0.4) is 0 Å². The second-order valence-corrected chi connectivity index (χ2v) is 4.04. The predicted octanol–water partition coefficient (Wildman–Crippen LogP) is 0.586. The van der Waals surface area contributed by atoms with Gasteiger partial charge in [-0.2, -0.15) is 5.26 Å². The third-order valence-electron chi connectivity index (χ3n) is 3.03. The maximum atomic E-state index is 9.17. The standard InChI is InChI=1S/C11H17N3/c1-4-6-13-11(9-12)5-7-14(3)10(2)8-11/h1,10,13H,5-8H2,2-3H3. The summed E-state index contributed by atoms with van der Waals surface area (Å²) in [6.45, 7) is 3.57. The maximum absolute atomic E-state index is 9.17. The zero-order chi connectivity index (χ0) is 10.6. The van der Waals surface area contributed by atoms with Gasteiger partial charge in [-0.15, -0.1) is 6.42 Å². The number of likely N-dealkylation sites (tertiary alicyclic amines) is 1. The van der Waals surface area contributed by atoms with Gasteiger partial charge in [0.05, 0.1) is 12.6 Å². The van der Waals surface area contributed by atoms with Crippen LogP contribution in [0.25, 0.3) is 0 Å². The first-order chi connectivity index (χ1) is 6.63. The molecule has 3 heteroatoms. The Morgan fingerprint density at radius 2 is 2.43 bits per heavy atom. The Bertz CT molecular complexity index is 273. The zero-order valence-corrected chi connectivity index (χ0v) is 8.88. The fraction of sp³-hybridized carbons (Fsp3) is 0.727. The lowest BCUT2D eigenvalue weighted by Crippen LogP contribution is -2.54. The van der Waals surface area contributed by atoms with Gasteiger partial charge >= 0.3 is 0 Å². The fourth-order valence-electron chi connectivity index (χ4n) is 1.87. The first-order valence-corrected chi connectivity index (χ1v) is 4.93. The number of rotatable bonds is 2. The maximum Gasteiger partial charge on any atom is 0.110 e. The third kappa shape index (κ3) is 2.26. The number of terminal acetylenes is 1. The Labute approximate surface area is 86.1 Å². The van der Waals surface area contributed by atoms with Crippen molar-refractivity contribution in [1.82, 2.24) is 10.2 Å². The summed E-state index contributed by atoms with van der Waals surface area (Å²) in [4.78, 5) is 2.27. The van der Waals surface area contributed by atoms with Crippen LogP contribution in [0.4, 0.5) is 0 Å². The van der Waals surface area contributed by atoms with Gasteiger partial charge in [0.1, 0.15) is 5.54 Å². The molecule has 0 aromatic heterocycles. The van der Waals surface area contributed by atoms with E-state index in [0.717, 1.165) is 19.4 Å². The molecule has 0 amide bonds. The molecule has 1 fully saturated rings. The Morgan fingerprint density at radius 3 is 2.93 bits per heavy atom. The van der Waals surface area contributed by atoms with E-state index < -0.39 is 5.54 Å². The number of nitrogens with zero attached hydrogens (tertiary/aromatic N) is 2. The Kier molecular flexibility index (Phi) is 3.52. The Morgan fingerprint density at radius 1 is 1.71 bits per heavy atom. The van der Waals surface area contributed by atoms with Gasteiger partial charge in [0.2, 0.25) is 0 Å². The van der Waals surface area contributed by atoms with Gasteiger partial charge in [-0.25, -0.2) is 0 Å². The second-order valence-electron chi connectivity index (χ2n) is 4.04. The van der Waals surface area contributed by atoms with Crippen molar-refractivity contribution >= 4 is 0 Å². The Balaban J connectivity index is 2.64. The topological polar surface area (TPSA) is 39.1 Å². The summed E-state index contributed by atoms with van der Waals surface area (Å²) in [6.07, 6.45) is 6.89. The molecule has 14 heavy (non-hydrogen) atoms. The molecule has 1 rings (SSSR count). The summed E-state index contributed by atoms with van der Waals surface area (Å²) >= 11 is 0. The number of nitrogens with one attached hydrogen (secondary N) is 1. The molecular weight excluding hydrogens is 174 g/mol. The normalized spacial score (nSPS) is 33.3. The number of piperidine rings is 1. The van der Waals surface area contributed by atoms with Crippen molar-refractivity contribution in [3.63, 3.8) is 0 Å². The van der Waals surface area contributed by atoms with Crippen molar-refractivity contribution in [2.45, 2.75) is 31.3 Å². The lowest BCUT2D eigenvalue weighted by molar-refractivity contribution is 0.140. The van der Waals surface area contributed by atoms with Gasteiger partial charge in [-0.3, -0.25) is 5.32 Å². The van der Waals surface area contributed by atoms with Crippen LogP contribution in [0.1, 0.15) is 19.8 Å². The monoisotopic (exact) mass is 191 g/mol. The number of nitriles is 1. The molecule has 1 saturated heterocycles. The van der Waals surface area contributed by atoms with E-state index >= 15 is 0 Å². The highest BCUT2D eigenvalue weighted by molar-refractivity contribution is 5.12. The fourth-order valence-corrected chi connectivity index (χ4v) is 1.87. The molecule has 0 aromatic rings. The van der Waals surface area contributed by atoms with Crippen molar-refractivity contribution < 1.29 is 0 Å². The highest BCUT2D eigenvalue weighted by Crippen LogP contribution is 2.24. The molecule has 1 heterocycles. The number of hydrogen-bond donors (Lipinski definition) is 1. The minimum absolute atomic E-state index is 0.404. The van der Waals surface area contributed by atoms with Gasteiger partial charge in [0, 0.05) is 12.6 Å². The molecule has 76 valence electrons. The summed E-state index contributed by atoms with van der Waals surface area (Å²) in [5.74, 6) is 2.52. The summed E-state index contributed by atoms with van der Waals surface area (Å²) in [5, 5.41) is 12.3. The van der Waals surface area contributed by atoms with Crippen molar-refractivity contribution in [3.05, 3.63) is 0 Å². The summed E-state index contributed by atoms with van der Waals surface area (Å²) in [5.41, 5.74) is -0.404. The average Bonchev–Trinajstić information content (AvgIpc) is 2.20. The van der Waals surface area contributed by atoms with E-state index in [4.69, 9.17) is 6.42 Å². The van der Waals surface area contributed by atoms with Crippen LogP contribution in [0.5, 0.6) is 0 Å². The molecule has 1 N–H and O–H groups in total. The SMILES string of the molecule is C#CCNC1(C#N)CCN(C)C(C)C1. The molecule has 1 aliphatic rings. The smallest absolute Gasteiger partial charge is 0.110 e. The van der Waals surface area contributed by atoms with Crippen LogP contribution in [0, 0.1) is 23.7 Å². The minimum Gasteiger partial charge on any atom is -0.303 e. The summed E-state index contributed by atoms with van der Waals surface area (Å²) in [7, 11) is 2.09. The van der Waals surface area contributed by atoms with Gasteiger partial charge in [0.25, 0.3) is 0 Å². The lowest BCUT2D eigenvalue weighted by atomic mass is 9.85. The van der Waals surface area contributed by atoms with Gasteiger partial charge in [-0.1, -0.05) is 5.92 Å². The molecule has 3 nitrogen and oxygen atoms in total. The lowest BCUT2D eigenvalue weighted by Gasteiger charge is -2.40. The van der Waals surface area contributed by atoms with E-state index in [1.54, 1.807) is 0 Å². The van der Waals surface area contributed by atoms with Gasteiger partial charge in [-0.05, 0) is 26.8 Å². The van der Waals surface area contributed by atoms with E-state index in [0.29, 0.717) is 12.6 Å². The first kappa shape index (κ1) is 11.0. The van der Waals surface area contributed by atoms with Crippen molar-refractivity contribution in [3.8, 4) is 18.4 Å². The molecule has 0 radical (unpaired) electrons. The van der Waals surface area contributed by atoms with E-state index in [1.165, 1.54) is 0 Å². The largest absolute Gasteiger partial charge is 0.303 e. The molecule has 0 aromatic carbocycles. The highest BCUT2D eigenvalue weighted by Gasteiger charge is 2.36. The third-order valence-corrected chi connectivity index (χ3v) is 3.03. The van der Waals surface area contributed by atoms with Crippen LogP contribution in [0.2, 0.25) is 0 Å². The zero-order valence-electron chi connectivity index (χ0n) is 8.88. The highest BCUT2D eigenvalue weighted by atomic mass is 15.2. The molecular formula is C11H17N3. The molecule has 0 aliphatic carbocycles. The summed E-state index contributed by atoms with van der Waals surface area (Å²) in [6, 6.07) is 2.81. The van der Waals surface area contributed by atoms with E-state index in [-0.39, 0.29) is 0 Å². The van der Waals surface area contributed by atoms with Crippen LogP contribution in [-0.2, 0) is 0 Å². The van der Waals surface area contributed by atoms with Crippen molar-refractivity contribution in [2.24, 2.45) is 0 Å². The van der Waals surface area contributed by atoms with E-state index in [1.807, 2.05) is 0 Å². The molecule has 1 aliphatic heterocycles. The molecule has 0 spiro atoms. The van der Waals surface area contributed by atoms with Crippen LogP contribution in [-0.4, -0.2) is 36.6 Å². The van der Waals surface area contributed by atoms with Crippen molar-refractivity contribution in [2.75, 3.05) is 20.1 Å². The van der Waals surface area contributed by atoms with Crippen LogP contribution < -0.4 is 5.32 Å². The molecule has 0 saturated carbocycles. The summed E-state index contributed by atoms with van der Waals surface area (Å²) < 4.78 is 0. The molecule has 2 unspecified atom stereocenters. The predicted molar refractivity (Wildman–Crippen MR) is 56.5 cm³/mol. The van der Waals surface area contributed by atoms with Crippen LogP contribution >= 0.6 is 0 Å². The average molecular weight is 191 g/mol. The van der Waals surface area contributed by atoms with E-state index in [2.05, 4.69) is 36.2 Å². The molecule has 2 atom stereocenters. The second kappa shape index (κ2) is 4.46. The quantitative estimate of drug-likeness (QED) is 0.649.